The quantitative estimate of drug-likeness (QED) is 0.706. The van der Waals surface area contributed by atoms with E-state index in [1.165, 1.54) is 5.56 Å². The summed E-state index contributed by atoms with van der Waals surface area (Å²) < 4.78 is 5.81. The van der Waals surface area contributed by atoms with Crippen molar-refractivity contribution < 1.29 is 4.42 Å². The molecule has 2 rings (SSSR count). The van der Waals surface area contributed by atoms with Gasteiger partial charge in [0.1, 0.15) is 5.52 Å². The summed E-state index contributed by atoms with van der Waals surface area (Å²) in [5.41, 5.74) is 3.04. The minimum absolute atomic E-state index is 0.626. The number of nitrogens with zero attached hydrogens (tertiary/aromatic N) is 2. The third-order valence-electron chi connectivity index (χ3n) is 3.05. The molecule has 0 unspecified atom stereocenters. The fourth-order valence-electron chi connectivity index (χ4n) is 2.24. The van der Waals surface area contributed by atoms with Crippen LogP contribution in [0.4, 0.5) is 6.01 Å². The van der Waals surface area contributed by atoms with Crippen molar-refractivity contribution in [3.05, 3.63) is 49.1 Å². The maximum Gasteiger partial charge on any atom is 0.298 e. The predicted octanol–water partition coefficient (Wildman–Crippen LogP) is 4.20. The van der Waals surface area contributed by atoms with Crippen LogP contribution < -0.4 is 4.90 Å². The van der Waals surface area contributed by atoms with Gasteiger partial charge < -0.3 is 9.32 Å². The molecule has 0 radical (unpaired) electrons. The number of anilines is 1. The summed E-state index contributed by atoms with van der Waals surface area (Å²) in [5, 5.41) is 0. The summed E-state index contributed by atoms with van der Waals surface area (Å²) in [6, 6.07) is 6.86. The Hall–Kier alpha value is -2.03. The summed E-state index contributed by atoms with van der Waals surface area (Å²) >= 11 is 0. The van der Waals surface area contributed by atoms with Crippen LogP contribution in [0.25, 0.3) is 11.1 Å². The second kappa shape index (κ2) is 6.42. The third kappa shape index (κ3) is 3.29. The predicted molar refractivity (Wildman–Crippen MR) is 85.2 cm³/mol. The van der Waals surface area contributed by atoms with Gasteiger partial charge in [-0.1, -0.05) is 32.1 Å². The molecule has 2 aromatic rings. The first-order valence-electron chi connectivity index (χ1n) is 7.00. The second-order valence-corrected chi connectivity index (χ2v) is 5.38. The topological polar surface area (TPSA) is 29.3 Å². The van der Waals surface area contributed by atoms with Crippen LogP contribution in [0, 0.1) is 5.92 Å². The smallest absolute Gasteiger partial charge is 0.298 e. The zero-order chi connectivity index (χ0) is 14.5. The second-order valence-electron chi connectivity index (χ2n) is 5.38. The van der Waals surface area contributed by atoms with Crippen LogP contribution in [0.5, 0.6) is 0 Å². The van der Waals surface area contributed by atoms with Gasteiger partial charge in [0.2, 0.25) is 0 Å². The average Bonchev–Trinajstić information content (AvgIpc) is 2.80. The Morgan fingerprint density at radius 3 is 2.55 bits per heavy atom. The number of rotatable bonds is 7. The highest BCUT2D eigenvalue weighted by Gasteiger charge is 2.12. The van der Waals surface area contributed by atoms with E-state index in [2.05, 4.69) is 44.1 Å². The van der Waals surface area contributed by atoms with Gasteiger partial charge in [-0.15, -0.1) is 13.2 Å². The molecule has 0 N–H and O–H groups in total. The van der Waals surface area contributed by atoms with Crippen molar-refractivity contribution in [1.82, 2.24) is 4.98 Å². The van der Waals surface area contributed by atoms with E-state index in [9.17, 15) is 0 Å². The number of aromatic nitrogens is 1. The highest BCUT2D eigenvalue weighted by atomic mass is 16.4. The summed E-state index contributed by atoms with van der Waals surface area (Å²) in [6.07, 6.45) is 4.73. The molecule has 3 heteroatoms. The Kier molecular flexibility index (Phi) is 4.61. The van der Waals surface area contributed by atoms with Gasteiger partial charge in [-0.2, -0.15) is 4.98 Å². The van der Waals surface area contributed by atoms with Gasteiger partial charge in [0.15, 0.2) is 5.58 Å². The van der Waals surface area contributed by atoms with Gasteiger partial charge in [0.25, 0.3) is 6.01 Å². The molecule has 106 valence electrons. The molecule has 1 heterocycles. The van der Waals surface area contributed by atoms with Gasteiger partial charge in [-0.05, 0) is 30.0 Å². The number of hydrogen-bond donors (Lipinski definition) is 0. The summed E-state index contributed by atoms with van der Waals surface area (Å²) in [6.45, 7) is 13.3. The van der Waals surface area contributed by atoms with E-state index in [1.807, 2.05) is 23.1 Å². The lowest BCUT2D eigenvalue weighted by Gasteiger charge is -2.15. The molecular formula is C17H22N2O. The highest BCUT2D eigenvalue weighted by Crippen LogP contribution is 2.23. The molecule has 0 saturated carbocycles. The summed E-state index contributed by atoms with van der Waals surface area (Å²) in [4.78, 5) is 6.58. The minimum atomic E-state index is 0.626. The zero-order valence-corrected chi connectivity index (χ0v) is 12.3. The standard InChI is InChI=1S/C17H22N2O/c1-5-9-19(10-6-2)17-18-15-12-14(11-13(3)4)7-8-16(15)20-17/h5-8,12-13H,1-2,9-11H2,3-4H3. The monoisotopic (exact) mass is 270 g/mol. The van der Waals surface area contributed by atoms with Crippen LogP contribution >= 0.6 is 0 Å². The van der Waals surface area contributed by atoms with Gasteiger partial charge in [-0.25, -0.2) is 0 Å². The Morgan fingerprint density at radius 1 is 1.25 bits per heavy atom. The van der Waals surface area contributed by atoms with E-state index >= 15 is 0 Å². The normalized spacial score (nSPS) is 10.9. The molecule has 1 aromatic carbocycles. The van der Waals surface area contributed by atoms with Crippen LogP contribution in [0.2, 0.25) is 0 Å². The number of hydrogen-bond acceptors (Lipinski definition) is 3. The van der Waals surface area contributed by atoms with Crippen LogP contribution in [0.3, 0.4) is 0 Å². The van der Waals surface area contributed by atoms with E-state index in [0.29, 0.717) is 25.0 Å². The van der Waals surface area contributed by atoms with Crippen molar-refractivity contribution in [3.63, 3.8) is 0 Å². The first kappa shape index (κ1) is 14.4. The van der Waals surface area contributed by atoms with E-state index < -0.39 is 0 Å². The largest absolute Gasteiger partial charge is 0.423 e. The molecule has 0 aliphatic rings. The molecule has 0 saturated heterocycles. The fourth-order valence-corrected chi connectivity index (χ4v) is 2.24. The SMILES string of the molecule is C=CCN(CC=C)c1nc2cc(CC(C)C)ccc2o1. The van der Waals surface area contributed by atoms with E-state index in [1.54, 1.807) is 0 Å². The molecule has 0 spiro atoms. The Balaban J connectivity index is 2.31. The average molecular weight is 270 g/mol. The Morgan fingerprint density at radius 2 is 1.95 bits per heavy atom. The molecule has 20 heavy (non-hydrogen) atoms. The summed E-state index contributed by atoms with van der Waals surface area (Å²) in [5.74, 6) is 0.636. The first-order valence-corrected chi connectivity index (χ1v) is 7.00. The van der Waals surface area contributed by atoms with Crippen molar-refractivity contribution in [3.8, 4) is 0 Å². The van der Waals surface area contributed by atoms with E-state index in [-0.39, 0.29) is 0 Å². The Bertz CT molecular complexity index is 588. The first-order chi connectivity index (χ1) is 9.63. The lowest BCUT2D eigenvalue weighted by atomic mass is 10.0. The molecule has 0 aliphatic heterocycles. The maximum atomic E-state index is 5.81. The molecule has 0 aliphatic carbocycles. The number of oxazole rings is 1. The van der Waals surface area contributed by atoms with Gasteiger partial charge >= 0.3 is 0 Å². The van der Waals surface area contributed by atoms with Crippen molar-refractivity contribution in [2.24, 2.45) is 5.92 Å². The third-order valence-corrected chi connectivity index (χ3v) is 3.05. The minimum Gasteiger partial charge on any atom is -0.423 e. The highest BCUT2D eigenvalue weighted by molar-refractivity contribution is 5.75. The zero-order valence-electron chi connectivity index (χ0n) is 12.3. The maximum absolute atomic E-state index is 5.81. The molecule has 0 fully saturated rings. The molecule has 0 bridgehead atoms. The lowest BCUT2D eigenvalue weighted by molar-refractivity contribution is 0.584. The molecule has 3 nitrogen and oxygen atoms in total. The fraction of sp³-hybridized carbons (Fsp3) is 0.353. The van der Waals surface area contributed by atoms with Crippen LogP contribution in [-0.4, -0.2) is 18.1 Å². The van der Waals surface area contributed by atoms with E-state index in [0.717, 1.165) is 17.5 Å². The van der Waals surface area contributed by atoms with Gasteiger partial charge in [-0.3, -0.25) is 0 Å². The molecule has 0 amide bonds. The van der Waals surface area contributed by atoms with E-state index in [4.69, 9.17) is 4.42 Å². The van der Waals surface area contributed by atoms with Gasteiger partial charge in [0.05, 0.1) is 0 Å². The van der Waals surface area contributed by atoms with Crippen molar-refractivity contribution in [2.45, 2.75) is 20.3 Å². The van der Waals surface area contributed by atoms with Crippen LogP contribution in [0.15, 0.2) is 47.9 Å². The molecule has 0 atom stereocenters. The van der Waals surface area contributed by atoms with Gasteiger partial charge in [0, 0.05) is 13.1 Å². The molecular weight excluding hydrogens is 248 g/mol. The molecule has 1 aromatic heterocycles. The number of benzene rings is 1. The van der Waals surface area contributed by atoms with Crippen molar-refractivity contribution >= 4 is 17.1 Å². The lowest BCUT2D eigenvalue weighted by Crippen LogP contribution is -2.23. The van der Waals surface area contributed by atoms with Crippen LogP contribution in [0.1, 0.15) is 19.4 Å². The van der Waals surface area contributed by atoms with Crippen LogP contribution in [-0.2, 0) is 6.42 Å². The summed E-state index contributed by atoms with van der Waals surface area (Å²) in [7, 11) is 0. The van der Waals surface area contributed by atoms with Crippen molar-refractivity contribution in [1.29, 1.82) is 0 Å². The number of fused-ring (bicyclic) bond motifs is 1. The van der Waals surface area contributed by atoms with Crippen molar-refractivity contribution in [2.75, 3.05) is 18.0 Å². The Labute approximate surface area is 120 Å².